The quantitative estimate of drug-likeness (QED) is 0.865. The van der Waals surface area contributed by atoms with Crippen LogP contribution in [0.1, 0.15) is 22.9 Å². The molecule has 2 N–H and O–H groups in total. The van der Waals surface area contributed by atoms with Gasteiger partial charge in [0.15, 0.2) is 0 Å². The van der Waals surface area contributed by atoms with Crippen LogP contribution in [0.5, 0.6) is 0 Å². The molecule has 0 bridgehead atoms. The number of carboxylic acid groups (broad SMARTS) is 1. The molecule has 1 fully saturated rings. The molecule has 0 spiro atoms. The smallest absolute Gasteiger partial charge is 0.321 e. The first-order valence-electron chi connectivity index (χ1n) is 6.59. The van der Waals surface area contributed by atoms with Crippen LogP contribution in [0.25, 0.3) is 0 Å². The third kappa shape index (κ3) is 2.44. The Morgan fingerprint density at radius 1 is 1.53 bits per heavy atom. The van der Waals surface area contributed by atoms with E-state index in [2.05, 4.69) is 35.5 Å². The molecule has 1 unspecified atom stereocenters. The number of carboxylic acids is 1. The Kier molecular flexibility index (Phi) is 3.41. The summed E-state index contributed by atoms with van der Waals surface area (Å²) in [5.74, 6) is -0.121. The van der Waals surface area contributed by atoms with Gasteiger partial charge in [0.2, 0.25) is 0 Å². The number of thioether (sulfide) groups is 1. The van der Waals surface area contributed by atoms with Crippen molar-refractivity contribution in [1.82, 2.24) is 5.32 Å². The third-order valence-electron chi connectivity index (χ3n) is 3.84. The van der Waals surface area contributed by atoms with E-state index >= 15 is 0 Å². The van der Waals surface area contributed by atoms with E-state index in [1.54, 1.807) is 11.8 Å². The van der Waals surface area contributed by atoms with E-state index in [9.17, 15) is 4.79 Å². The van der Waals surface area contributed by atoms with E-state index in [1.807, 2.05) is 0 Å². The number of nitrogens with zero attached hydrogens (tertiary/aromatic N) is 1. The van der Waals surface area contributed by atoms with Crippen LogP contribution in [0.3, 0.4) is 0 Å². The minimum atomic E-state index is -0.757. The van der Waals surface area contributed by atoms with E-state index in [4.69, 9.17) is 5.11 Å². The molecular weight excluding hydrogens is 260 g/mol. The average molecular weight is 278 g/mol. The number of benzene rings is 1. The van der Waals surface area contributed by atoms with Crippen LogP contribution in [-0.4, -0.2) is 36.5 Å². The van der Waals surface area contributed by atoms with Crippen LogP contribution in [0.4, 0.5) is 5.69 Å². The van der Waals surface area contributed by atoms with Gasteiger partial charge in [-0.1, -0.05) is 12.1 Å². The van der Waals surface area contributed by atoms with Crippen molar-refractivity contribution in [3.63, 3.8) is 0 Å². The lowest BCUT2D eigenvalue weighted by molar-refractivity contribution is -0.138. The zero-order chi connectivity index (χ0) is 13.4. The molecule has 102 valence electrons. The Hall–Kier alpha value is -1.20. The van der Waals surface area contributed by atoms with Crippen molar-refractivity contribution >= 4 is 23.4 Å². The Bertz CT molecular complexity index is 506. The second-order valence-electron chi connectivity index (χ2n) is 5.18. The van der Waals surface area contributed by atoms with Gasteiger partial charge in [-0.05, 0) is 30.0 Å². The Morgan fingerprint density at radius 2 is 2.37 bits per heavy atom. The number of aryl methyl sites for hydroxylation is 1. The number of anilines is 1. The SMILES string of the molecule is CN1CCCc2cc(C3N[C@H](C(=O)O)CS3)ccc21. The summed E-state index contributed by atoms with van der Waals surface area (Å²) in [5.41, 5.74) is 3.89. The van der Waals surface area contributed by atoms with Crippen molar-refractivity contribution in [3.05, 3.63) is 29.3 Å². The molecule has 2 aliphatic heterocycles. The van der Waals surface area contributed by atoms with Crippen molar-refractivity contribution < 1.29 is 9.90 Å². The standard InChI is InChI=1S/C14H18N2O2S/c1-16-6-2-3-9-7-10(4-5-12(9)16)13-15-11(8-19-13)14(17)18/h4-5,7,11,13,15H,2-3,6,8H2,1H3,(H,17,18)/t11-,13?/m0/s1. The molecule has 0 aromatic heterocycles. The maximum atomic E-state index is 11.0. The van der Waals surface area contributed by atoms with Crippen LogP contribution >= 0.6 is 11.8 Å². The van der Waals surface area contributed by atoms with Gasteiger partial charge in [-0.15, -0.1) is 11.8 Å². The fourth-order valence-electron chi connectivity index (χ4n) is 2.77. The van der Waals surface area contributed by atoms with Gasteiger partial charge in [0, 0.05) is 25.0 Å². The Labute approximate surface area is 117 Å². The number of hydrogen-bond donors (Lipinski definition) is 2. The average Bonchev–Trinajstić information content (AvgIpc) is 2.88. The summed E-state index contributed by atoms with van der Waals surface area (Å²) in [6.07, 6.45) is 2.31. The monoisotopic (exact) mass is 278 g/mol. The number of carbonyl (C=O) groups is 1. The van der Waals surface area contributed by atoms with Crippen molar-refractivity contribution in [2.75, 3.05) is 24.2 Å². The van der Waals surface area contributed by atoms with Gasteiger partial charge in [-0.3, -0.25) is 10.1 Å². The summed E-state index contributed by atoms with van der Waals surface area (Å²) < 4.78 is 0. The highest BCUT2D eigenvalue weighted by atomic mass is 32.2. The second-order valence-corrected chi connectivity index (χ2v) is 6.32. The van der Waals surface area contributed by atoms with Gasteiger partial charge in [0.05, 0.1) is 5.37 Å². The normalized spacial score (nSPS) is 26.3. The molecule has 3 rings (SSSR count). The molecule has 0 saturated carbocycles. The summed E-state index contributed by atoms with van der Waals surface area (Å²) in [5, 5.41) is 12.3. The van der Waals surface area contributed by atoms with Gasteiger partial charge in [0.25, 0.3) is 0 Å². The maximum absolute atomic E-state index is 11.0. The first kappa shape index (κ1) is 12.8. The summed E-state index contributed by atoms with van der Waals surface area (Å²) in [6.45, 7) is 1.11. The van der Waals surface area contributed by atoms with E-state index < -0.39 is 12.0 Å². The van der Waals surface area contributed by atoms with Crippen LogP contribution in [0.2, 0.25) is 0 Å². The largest absolute Gasteiger partial charge is 0.480 e. The molecule has 1 saturated heterocycles. The molecular formula is C14H18N2O2S. The Morgan fingerprint density at radius 3 is 3.11 bits per heavy atom. The van der Waals surface area contributed by atoms with Gasteiger partial charge >= 0.3 is 5.97 Å². The molecule has 5 heteroatoms. The fraction of sp³-hybridized carbons (Fsp3) is 0.500. The topological polar surface area (TPSA) is 52.6 Å². The molecule has 1 aromatic rings. The lowest BCUT2D eigenvalue weighted by Crippen LogP contribution is -2.33. The number of aliphatic carboxylic acids is 1. The van der Waals surface area contributed by atoms with Gasteiger partial charge in [-0.25, -0.2) is 0 Å². The van der Waals surface area contributed by atoms with E-state index in [-0.39, 0.29) is 5.37 Å². The third-order valence-corrected chi connectivity index (χ3v) is 5.10. The van der Waals surface area contributed by atoms with Crippen LogP contribution < -0.4 is 10.2 Å². The Balaban J connectivity index is 1.81. The molecule has 2 heterocycles. The summed E-state index contributed by atoms with van der Waals surface area (Å²) in [6, 6.07) is 6.10. The highest BCUT2D eigenvalue weighted by Crippen LogP contribution is 2.36. The van der Waals surface area contributed by atoms with Gasteiger partial charge < -0.3 is 10.0 Å². The summed E-state index contributed by atoms with van der Waals surface area (Å²) in [7, 11) is 2.13. The van der Waals surface area contributed by atoms with Gasteiger partial charge in [-0.2, -0.15) is 0 Å². The first-order chi connectivity index (χ1) is 9.15. The second kappa shape index (κ2) is 5.06. The lowest BCUT2D eigenvalue weighted by atomic mass is 9.99. The highest BCUT2D eigenvalue weighted by molar-refractivity contribution is 7.99. The molecule has 1 aromatic carbocycles. The van der Waals surface area contributed by atoms with Crippen LogP contribution in [-0.2, 0) is 11.2 Å². The molecule has 2 aliphatic rings. The van der Waals surface area contributed by atoms with E-state index in [1.165, 1.54) is 23.2 Å². The van der Waals surface area contributed by atoms with E-state index in [0.29, 0.717) is 5.75 Å². The van der Waals surface area contributed by atoms with Crippen molar-refractivity contribution in [3.8, 4) is 0 Å². The van der Waals surface area contributed by atoms with Crippen molar-refractivity contribution in [2.45, 2.75) is 24.3 Å². The van der Waals surface area contributed by atoms with Crippen LogP contribution in [0.15, 0.2) is 18.2 Å². The first-order valence-corrected chi connectivity index (χ1v) is 7.64. The molecule has 0 amide bonds. The summed E-state index contributed by atoms with van der Waals surface area (Å²) in [4.78, 5) is 13.3. The zero-order valence-electron chi connectivity index (χ0n) is 10.9. The molecule has 0 radical (unpaired) electrons. The van der Waals surface area contributed by atoms with Gasteiger partial charge in [0.1, 0.15) is 6.04 Å². The summed E-state index contributed by atoms with van der Waals surface area (Å²) >= 11 is 1.68. The minimum Gasteiger partial charge on any atom is -0.480 e. The van der Waals surface area contributed by atoms with Crippen molar-refractivity contribution in [1.29, 1.82) is 0 Å². The zero-order valence-corrected chi connectivity index (χ0v) is 11.7. The molecule has 4 nitrogen and oxygen atoms in total. The number of nitrogens with one attached hydrogen (secondary N) is 1. The number of rotatable bonds is 2. The van der Waals surface area contributed by atoms with E-state index in [0.717, 1.165) is 13.0 Å². The van der Waals surface area contributed by atoms with Crippen LogP contribution in [0, 0.1) is 0 Å². The number of fused-ring (bicyclic) bond motifs is 1. The lowest BCUT2D eigenvalue weighted by Gasteiger charge is -2.28. The minimum absolute atomic E-state index is 0.110. The molecule has 19 heavy (non-hydrogen) atoms. The predicted molar refractivity (Wildman–Crippen MR) is 77.8 cm³/mol. The molecule has 0 aliphatic carbocycles. The maximum Gasteiger partial charge on any atom is 0.321 e. The van der Waals surface area contributed by atoms with Crippen molar-refractivity contribution in [2.24, 2.45) is 0 Å². The molecule has 2 atom stereocenters. The highest BCUT2D eigenvalue weighted by Gasteiger charge is 2.30. The number of hydrogen-bond acceptors (Lipinski definition) is 4. The predicted octanol–water partition coefficient (Wildman–Crippen LogP) is 1.86. The fourth-order valence-corrected chi connectivity index (χ4v) is 4.00.